The number of benzene rings is 2. The van der Waals surface area contributed by atoms with Crippen molar-refractivity contribution < 1.29 is 32.2 Å². The van der Waals surface area contributed by atoms with Crippen LogP contribution in [0.1, 0.15) is 19.8 Å². The smallest absolute Gasteiger partial charge is 0.243 e. The Morgan fingerprint density at radius 2 is 1.82 bits per heavy atom. The van der Waals surface area contributed by atoms with Crippen LogP contribution in [-0.4, -0.2) is 57.4 Å². The second-order valence-electron chi connectivity index (χ2n) is 7.66. The Labute approximate surface area is 191 Å². The molecule has 0 spiro atoms. The second-order valence-corrected chi connectivity index (χ2v) is 9.56. The molecule has 0 radical (unpaired) electrons. The quantitative estimate of drug-likeness (QED) is 0.657. The lowest BCUT2D eigenvalue weighted by Crippen LogP contribution is -2.43. The molecule has 2 amide bonds. The number of amides is 2. The number of ether oxygens (including phenoxy) is 3. The molecule has 0 aliphatic carbocycles. The van der Waals surface area contributed by atoms with Crippen LogP contribution in [0.15, 0.2) is 41.3 Å². The van der Waals surface area contributed by atoms with Crippen LogP contribution in [0.25, 0.3) is 0 Å². The third kappa shape index (κ3) is 4.74. The maximum atomic E-state index is 13.3. The van der Waals surface area contributed by atoms with Crippen molar-refractivity contribution in [2.24, 2.45) is 0 Å². The highest BCUT2D eigenvalue weighted by Gasteiger charge is 2.40. The molecule has 0 unspecified atom stereocenters. The Morgan fingerprint density at radius 1 is 1.06 bits per heavy atom. The minimum atomic E-state index is -3.93. The summed E-state index contributed by atoms with van der Waals surface area (Å²) in [5, 5.41) is 5.40. The molecular formula is C22H25N3O7S. The number of carbonyl (C=O) groups is 2. The van der Waals surface area contributed by atoms with Crippen molar-refractivity contribution in [3.63, 3.8) is 0 Å². The summed E-state index contributed by atoms with van der Waals surface area (Å²) in [6.07, 6.45) is 0.950. The topological polar surface area (TPSA) is 123 Å². The van der Waals surface area contributed by atoms with Crippen LogP contribution in [0.5, 0.6) is 17.2 Å². The summed E-state index contributed by atoms with van der Waals surface area (Å²) in [7, 11) is -2.46. The number of methoxy groups -OCH3 is 1. The van der Waals surface area contributed by atoms with Gasteiger partial charge in [-0.2, -0.15) is 4.31 Å². The molecule has 1 fully saturated rings. The van der Waals surface area contributed by atoms with Crippen LogP contribution in [0.4, 0.5) is 11.4 Å². The molecule has 2 aliphatic heterocycles. The van der Waals surface area contributed by atoms with Gasteiger partial charge in [-0.3, -0.25) is 9.59 Å². The number of nitrogens with zero attached hydrogens (tertiary/aromatic N) is 1. The van der Waals surface area contributed by atoms with E-state index in [1.807, 2.05) is 0 Å². The van der Waals surface area contributed by atoms with Crippen molar-refractivity contribution in [1.82, 2.24) is 4.31 Å². The average molecular weight is 476 g/mol. The predicted octanol–water partition coefficient (Wildman–Crippen LogP) is 2.22. The molecule has 11 heteroatoms. The van der Waals surface area contributed by atoms with Crippen LogP contribution in [0.2, 0.25) is 0 Å². The molecule has 2 aromatic carbocycles. The molecule has 1 atom stereocenters. The predicted molar refractivity (Wildman–Crippen MR) is 120 cm³/mol. The van der Waals surface area contributed by atoms with Crippen LogP contribution in [-0.2, 0) is 19.6 Å². The highest BCUT2D eigenvalue weighted by molar-refractivity contribution is 7.89. The van der Waals surface area contributed by atoms with Crippen LogP contribution < -0.4 is 24.8 Å². The molecule has 176 valence electrons. The summed E-state index contributed by atoms with van der Waals surface area (Å²) in [4.78, 5) is 24.5. The van der Waals surface area contributed by atoms with Gasteiger partial charge in [0.05, 0.1) is 17.7 Å². The molecule has 0 bridgehead atoms. The van der Waals surface area contributed by atoms with E-state index < -0.39 is 22.0 Å². The zero-order valence-electron chi connectivity index (χ0n) is 18.3. The molecule has 1 saturated heterocycles. The van der Waals surface area contributed by atoms with E-state index in [9.17, 15) is 18.0 Å². The summed E-state index contributed by atoms with van der Waals surface area (Å²) in [6.45, 7) is 2.34. The Hall–Kier alpha value is -3.31. The number of hydrogen-bond acceptors (Lipinski definition) is 7. The lowest BCUT2D eigenvalue weighted by atomic mass is 10.2. The second kappa shape index (κ2) is 9.28. The normalized spacial score (nSPS) is 17.9. The molecule has 4 rings (SSSR count). The fourth-order valence-corrected chi connectivity index (χ4v) is 5.58. The first kappa shape index (κ1) is 22.9. The molecule has 0 saturated carbocycles. The zero-order valence-corrected chi connectivity index (χ0v) is 19.1. The highest BCUT2D eigenvalue weighted by atomic mass is 32.2. The van der Waals surface area contributed by atoms with Crippen molar-refractivity contribution >= 4 is 33.2 Å². The maximum Gasteiger partial charge on any atom is 0.243 e. The fourth-order valence-electron chi connectivity index (χ4n) is 3.91. The number of hydrogen-bond donors (Lipinski definition) is 2. The van der Waals surface area contributed by atoms with E-state index in [1.54, 1.807) is 24.3 Å². The summed E-state index contributed by atoms with van der Waals surface area (Å²) in [5.41, 5.74) is 0.808. The van der Waals surface area contributed by atoms with Crippen LogP contribution in [0.3, 0.4) is 0 Å². The average Bonchev–Trinajstić information content (AvgIpc) is 3.30. The van der Waals surface area contributed by atoms with Crippen molar-refractivity contribution in [3.8, 4) is 17.2 Å². The van der Waals surface area contributed by atoms with Gasteiger partial charge in [-0.15, -0.1) is 0 Å². The van der Waals surface area contributed by atoms with Crippen molar-refractivity contribution in [2.75, 3.05) is 37.5 Å². The van der Waals surface area contributed by atoms with Gasteiger partial charge >= 0.3 is 0 Å². The lowest BCUT2D eigenvalue weighted by molar-refractivity contribution is -0.119. The van der Waals surface area contributed by atoms with Crippen molar-refractivity contribution in [1.29, 1.82) is 0 Å². The number of nitrogens with one attached hydrogen (secondary N) is 2. The van der Waals surface area contributed by atoms with E-state index >= 15 is 0 Å². The molecule has 10 nitrogen and oxygen atoms in total. The Bertz CT molecular complexity index is 1180. The molecule has 2 aromatic rings. The largest absolute Gasteiger partial charge is 0.495 e. The number of carbonyl (C=O) groups excluding carboxylic acids is 2. The van der Waals surface area contributed by atoms with Gasteiger partial charge in [0.1, 0.15) is 25.0 Å². The van der Waals surface area contributed by atoms with Crippen molar-refractivity contribution in [3.05, 3.63) is 36.4 Å². The highest BCUT2D eigenvalue weighted by Crippen LogP contribution is 2.35. The molecule has 2 N–H and O–H groups in total. The monoisotopic (exact) mass is 475 g/mol. The summed E-state index contributed by atoms with van der Waals surface area (Å²) in [6, 6.07) is 8.38. The maximum absolute atomic E-state index is 13.3. The molecule has 2 aliphatic rings. The van der Waals surface area contributed by atoms with Crippen LogP contribution >= 0.6 is 0 Å². The third-order valence-corrected chi connectivity index (χ3v) is 7.31. The van der Waals surface area contributed by atoms with Gasteiger partial charge in [0.15, 0.2) is 11.5 Å². The van der Waals surface area contributed by atoms with Gasteiger partial charge in [-0.25, -0.2) is 8.42 Å². The fraction of sp³-hybridized carbons (Fsp3) is 0.364. The molecule has 33 heavy (non-hydrogen) atoms. The number of fused-ring (bicyclic) bond motifs is 1. The van der Waals surface area contributed by atoms with Gasteiger partial charge in [-0.05, 0) is 43.2 Å². The minimum Gasteiger partial charge on any atom is -0.495 e. The summed E-state index contributed by atoms with van der Waals surface area (Å²) >= 11 is 0. The van der Waals surface area contributed by atoms with E-state index in [-0.39, 0.29) is 17.3 Å². The van der Waals surface area contributed by atoms with E-state index in [4.69, 9.17) is 14.2 Å². The third-order valence-electron chi connectivity index (χ3n) is 5.40. The van der Waals surface area contributed by atoms with Crippen molar-refractivity contribution in [2.45, 2.75) is 30.7 Å². The lowest BCUT2D eigenvalue weighted by Gasteiger charge is -2.25. The first-order valence-corrected chi connectivity index (χ1v) is 11.9. The number of rotatable bonds is 6. The van der Waals surface area contributed by atoms with Gasteiger partial charge in [0.25, 0.3) is 0 Å². The molecule has 0 aromatic heterocycles. The van der Waals surface area contributed by atoms with Gasteiger partial charge in [-0.1, -0.05) is 0 Å². The first-order chi connectivity index (χ1) is 15.8. The molecular weight excluding hydrogens is 450 g/mol. The minimum absolute atomic E-state index is 0.0452. The Kier molecular flexibility index (Phi) is 6.43. The SMILES string of the molecule is COc1ccc(NC(=O)[C@H]2CCCN2S(=O)(=O)c2ccc3c(c2)OCCO3)cc1NC(C)=O. The van der Waals surface area contributed by atoms with E-state index in [0.29, 0.717) is 54.7 Å². The van der Waals surface area contributed by atoms with E-state index in [0.717, 1.165) is 0 Å². The van der Waals surface area contributed by atoms with Gasteiger partial charge < -0.3 is 24.8 Å². The zero-order chi connectivity index (χ0) is 23.6. The summed E-state index contributed by atoms with van der Waals surface area (Å²) < 4.78 is 44.1. The number of sulfonamides is 1. The first-order valence-electron chi connectivity index (χ1n) is 10.5. The van der Waals surface area contributed by atoms with Gasteiger partial charge in [0.2, 0.25) is 21.8 Å². The summed E-state index contributed by atoms with van der Waals surface area (Å²) in [5.74, 6) is 0.556. The number of anilines is 2. The van der Waals surface area contributed by atoms with E-state index in [1.165, 1.54) is 30.5 Å². The molecule has 2 heterocycles. The Morgan fingerprint density at radius 3 is 2.55 bits per heavy atom. The standard InChI is InChI=1S/C22H25N3O7S/c1-14(26)23-17-12-15(5-7-19(17)30-2)24-22(27)18-4-3-9-25(18)33(28,29)16-6-8-20-21(13-16)32-11-10-31-20/h5-8,12-13,18H,3-4,9-11H2,1-2H3,(H,23,26)(H,24,27)/t18-/m1/s1. The van der Waals surface area contributed by atoms with Gasteiger partial charge in [0, 0.05) is 25.2 Å². The van der Waals surface area contributed by atoms with Crippen LogP contribution in [0, 0.1) is 0 Å². The Balaban J connectivity index is 1.54. The van der Waals surface area contributed by atoms with E-state index in [2.05, 4.69) is 10.6 Å².